The molecule has 440 valence electrons. The second kappa shape index (κ2) is 40.6. The molecule has 0 aromatic heterocycles. The van der Waals surface area contributed by atoms with Crippen molar-refractivity contribution < 1.29 is 89.4 Å². The first-order valence-corrected chi connectivity index (χ1v) is 28.5. The summed E-state index contributed by atoms with van der Waals surface area (Å²) in [5.74, 6) is -0.304. The van der Waals surface area contributed by atoms with E-state index in [2.05, 4.69) is 67.8 Å². The largest absolute Gasteiger partial charge is 0.394 e. The van der Waals surface area contributed by atoms with Gasteiger partial charge in [-0.25, -0.2) is 0 Å². The van der Waals surface area contributed by atoms with Crippen LogP contribution in [0.25, 0.3) is 0 Å². The summed E-state index contributed by atoms with van der Waals surface area (Å²) in [6.07, 6.45) is 18.0. The van der Waals surface area contributed by atoms with E-state index in [1.807, 2.05) is 6.08 Å². The second-order valence-corrected chi connectivity index (χ2v) is 20.4. The number of rotatable bonds is 40. The highest BCUT2D eigenvalue weighted by atomic mass is 16.8. The number of hydrogen-bond acceptors (Lipinski definition) is 18. The molecule has 3 aliphatic rings. The number of allylic oxidation sites excluding steroid dienone is 9. The van der Waals surface area contributed by atoms with Crippen molar-refractivity contribution in [2.45, 2.75) is 266 Å². The zero-order valence-corrected chi connectivity index (χ0v) is 45.5. The lowest BCUT2D eigenvalue weighted by atomic mass is 9.96. The molecule has 0 aromatic rings. The van der Waals surface area contributed by atoms with Gasteiger partial charge in [-0.3, -0.25) is 4.79 Å². The summed E-state index contributed by atoms with van der Waals surface area (Å²) in [5, 5.41) is 120. The van der Waals surface area contributed by atoms with Crippen LogP contribution in [-0.4, -0.2) is 193 Å². The molecule has 0 radical (unpaired) electrons. The molecule has 3 heterocycles. The van der Waals surface area contributed by atoms with Crippen molar-refractivity contribution >= 4 is 5.91 Å². The molecular weight excluding hydrogens is 987 g/mol. The number of aliphatic hydroxyl groups is 11. The van der Waals surface area contributed by atoms with Gasteiger partial charge in [0.25, 0.3) is 0 Å². The second-order valence-electron chi connectivity index (χ2n) is 20.4. The minimum atomic E-state index is -1.98. The van der Waals surface area contributed by atoms with Gasteiger partial charge in [-0.05, 0) is 70.6 Å². The van der Waals surface area contributed by atoms with Crippen molar-refractivity contribution in [1.29, 1.82) is 0 Å². The van der Waals surface area contributed by atoms with Crippen LogP contribution in [0, 0.1) is 0 Å². The van der Waals surface area contributed by atoms with Gasteiger partial charge in [0.2, 0.25) is 5.91 Å². The van der Waals surface area contributed by atoms with Crippen LogP contribution >= 0.6 is 0 Å². The van der Waals surface area contributed by atoms with Crippen molar-refractivity contribution in [3.05, 3.63) is 60.8 Å². The summed E-state index contributed by atoms with van der Waals surface area (Å²) < 4.78 is 34.1. The summed E-state index contributed by atoms with van der Waals surface area (Å²) >= 11 is 0. The van der Waals surface area contributed by atoms with E-state index in [-0.39, 0.29) is 18.9 Å². The van der Waals surface area contributed by atoms with Crippen LogP contribution in [0.4, 0.5) is 0 Å². The topological polar surface area (TPSA) is 307 Å². The van der Waals surface area contributed by atoms with E-state index >= 15 is 0 Å². The first-order chi connectivity index (χ1) is 36.8. The lowest BCUT2D eigenvalue weighted by Crippen LogP contribution is -2.66. The SMILES string of the molecule is CCCCCC/C=C/CC/C=C/C(O)C(COC1OC(CO)C(OC2OC(CO)C(OC3OC(CO)C(O)C(O)C3O)C(O)C2O)C(O)C1O)NC(=O)CCCCCCCC/C=C\C/C=C\C/C=C\CCCCCCC. The fourth-order valence-electron chi connectivity index (χ4n) is 9.27. The predicted molar refractivity (Wildman–Crippen MR) is 286 cm³/mol. The Balaban J connectivity index is 1.50. The summed E-state index contributed by atoms with van der Waals surface area (Å²) in [7, 11) is 0. The van der Waals surface area contributed by atoms with Crippen LogP contribution in [-0.2, 0) is 33.2 Å². The van der Waals surface area contributed by atoms with Crippen molar-refractivity contribution in [3.63, 3.8) is 0 Å². The predicted octanol–water partition coefficient (Wildman–Crippen LogP) is 4.09. The molecule has 17 atom stereocenters. The van der Waals surface area contributed by atoms with Gasteiger partial charge in [0, 0.05) is 6.42 Å². The Bertz CT molecular complexity index is 1630. The Morgan fingerprint density at radius 3 is 1.42 bits per heavy atom. The molecule has 0 saturated carbocycles. The fraction of sp³-hybridized carbons (Fsp3) is 0.807. The van der Waals surface area contributed by atoms with Gasteiger partial charge in [-0.15, -0.1) is 0 Å². The van der Waals surface area contributed by atoms with E-state index in [1.54, 1.807) is 6.08 Å². The summed E-state index contributed by atoms with van der Waals surface area (Å²) in [6.45, 7) is 1.60. The number of amides is 1. The summed E-state index contributed by atoms with van der Waals surface area (Å²) in [6, 6.07) is -0.997. The lowest BCUT2D eigenvalue weighted by Gasteiger charge is -2.48. The van der Waals surface area contributed by atoms with Crippen LogP contribution in [0.3, 0.4) is 0 Å². The molecule has 76 heavy (non-hydrogen) atoms. The van der Waals surface area contributed by atoms with Crippen molar-refractivity contribution in [1.82, 2.24) is 5.32 Å². The normalized spacial score (nSPS) is 31.4. The summed E-state index contributed by atoms with van der Waals surface area (Å²) in [5.41, 5.74) is 0. The van der Waals surface area contributed by atoms with Crippen LogP contribution < -0.4 is 5.32 Å². The molecule has 12 N–H and O–H groups in total. The molecular formula is C57H99NO18. The maximum atomic E-state index is 13.3. The minimum Gasteiger partial charge on any atom is -0.394 e. The number of carbonyl (C=O) groups excluding carboxylic acids is 1. The van der Waals surface area contributed by atoms with Crippen molar-refractivity contribution in [2.24, 2.45) is 0 Å². The van der Waals surface area contributed by atoms with Crippen molar-refractivity contribution in [3.8, 4) is 0 Å². The molecule has 3 fully saturated rings. The average molecular weight is 1090 g/mol. The standard InChI is InChI=1S/C57H99NO18/c1-3-5-7-9-11-13-15-16-17-18-19-20-21-22-23-24-25-27-29-31-33-35-45(63)58-40(41(62)34-32-30-28-26-14-12-10-8-6-4-2)39-71-55-51(69)48(66)53(43(37-60)73-55)76-57-52(70)49(67)54(44(38-61)74-57)75-56-50(68)47(65)46(64)42(36-59)72-56/h14-16,18-19,21-22,26,32,34,40-44,46-57,59-62,64-70H,3-13,17,20,23-25,27-31,33,35-39H2,1-2H3,(H,58,63)/b16-15-,19-18-,22-21-,26-14+,34-32+. The van der Waals surface area contributed by atoms with E-state index in [4.69, 9.17) is 28.4 Å². The maximum absolute atomic E-state index is 13.3. The van der Waals surface area contributed by atoms with E-state index in [0.717, 1.165) is 70.6 Å². The highest BCUT2D eigenvalue weighted by molar-refractivity contribution is 5.76. The van der Waals surface area contributed by atoms with Gasteiger partial charge in [0.05, 0.1) is 38.6 Å². The number of hydrogen-bond donors (Lipinski definition) is 12. The molecule has 19 nitrogen and oxygen atoms in total. The van der Waals surface area contributed by atoms with Gasteiger partial charge < -0.3 is 89.9 Å². The van der Waals surface area contributed by atoms with Crippen LogP contribution in [0.15, 0.2) is 60.8 Å². The molecule has 0 aliphatic carbocycles. The smallest absolute Gasteiger partial charge is 0.220 e. The van der Waals surface area contributed by atoms with Crippen molar-refractivity contribution in [2.75, 3.05) is 26.4 Å². The van der Waals surface area contributed by atoms with Crippen LogP contribution in [0.5, 0.6) is 0 Å². The first-order valence-electron chi connectivity index (χ1n) is 28.5. The molecule has 1 amide bonds. The zero-order chi connectivity index (χ0) is 55.5. The molecule has 0 aromatic carbocycles. The minimum absolute atomic E-state index is 0.218. The number of nitrogens with one attached hydrogen (secondary N) is 1. The van der Waals surface area contributed by atoms with Gasteiger partial charge >= 0.3 is 0 Å². The highest BCUT2D eigenvalue weighted by Crippen LogP contribution is 2.33. The molecule has 3 aliphatic heterocycles. The number of carbonyl (C=O) groups is 1. The first kappa shape index (κ1) is 67.8. The summed E-state index contributed by atoms with van der Waals surface area (Å²) in [4.78, 5) is 13.3. The quantitative estimate of drug-likeness (QED) is 0.0304. The third kappa shape index (κ3) is 24.9. The van der Waals surface area contributed by atoms with Crippen LogP contribution in [0.1, 0.15) is 162 Å². The monoisotopic (exact) mass is 1090 g/mol. The van der Waals surface area contributed by atoms with Gasteiger partial charge in [-0.1, -0.05) is 145 Å². The Hall–Kier alpha value is -2.51. The Labute approximate surface area is 452 Å². The fourth-order valence-corrected chi connectivity index (χ4v) is 9.27. The number of unbranched alkanes of at least 4 members (excludes halogenated alkanes) is 16. The number of ether oxygens (including phenoxy) is 6. The average Bonchev–Trinajstić information content (AvgIpc) is 3.41. The van der Waals surface area contributed by atoms with E-state index < -0.39 is 124 Å². The highest BCUT2D eigenvalue weighted by Gasteiger charge is 2.53. The molecule has 3 rings (SSSR count). The molecule has 17 unspecified atom stereocenters. The molecule has 0 spiro atoms. The van der Waals surface area contributed by atoms with Crippen LogP contribution in [0.2, 0.25) is 0 Å². The third-order valence-electron chi connectivity index (χ3n) is 14.0. The number of aliphatic hydroxyl groups excluding tert-OH is 11. The Kier molecular flexibility index (Phi) is 36.2. The van der Waals surface area contributed by atoms with Gasteiger partial charge in [-0.2, -0.15) is 0 Å². The Morgan fingerprint density at radius 1 is 0.474 bits per heavy atom. The maximum Gasteiger partial charge on any atom is 0.220 e. The van der Waals surface area contributed by atoms with E-state index in [1.165, 1.54) is 57.8 Å². The third-order valence-corrected chi connectivity index (χ3v) is 14.0. The van der Waals surface area contributed by atoms with Gasteiger partial charge in [0.15, 0.2) is 18.9 Å². The van der Waals surface area contributed by atoms with Gasteiger partial charge in [0.1, 0.15) is 73.2 Å². The Morgan fingerprint density at radius 2 is 0.882 bits per heavy atom. The van der Waals surface area contributed by atoms with E-state index in [9.17, 15) is 61.0 Å². The molecule has 0 bridgehead atoms. The molecule has 19 heteroatoms. The molecule has 3 saturated heterocycles. The lowest BCUT2D eigenvalue weighted by molar-refractivity contribution is -0.379. The zero-order valence-electron chi connectivity index (χ0n) is 45.5. The van der Waals surface area contributed by atoms with E-state index in [0.29, 0.717) is 12.8 Å².